The lowest BCUT2D eigenvalue weighted by atomic mass is 10.1. The number of carbonyl (C=O) groups is 3. The van der Waals surface area contributed by atoms with Crippen molar-refractivity contribution in [1.29, 1.82) is 0 Å². The first-order chi connectivity index (χ1) is 12.9. The summed E-state index contributed by atoms with van der Waals surface area (Å²) < 4.78 is 10.4. The molecule has 1 aromatic heterocycles. The molecular weight excluding hydrogens is 372 g/mol. The summed E-state index contributed by atoms with van der Waals surface area (Å²) in [6.45, 7) is 2.26. The van der Waals surface area contributed by atoms with Gasteiger partial charge in [0.1, 0.15) is 12.2 Å². The minimum Gasteiger partial charge on any atom is -0.461 e. The van der Waals surface area contributed by atoms with Crippen molar-refractivity contribution in [1.82, 2.24) is 4.90 Å². The summed E-state index contributed by atoms with van der Waals surface area (Å²) in [4.78, 5) is 48.0. The van der Waals surface area contributed by atoms with Crippen LogP contribution in [0.5, 0.6) is 0 Å². The van der Waals surface area contributed by atoms with E-state index in [1.165, 1.54) is 24.8 Å². The zero-order valence-electron chi connectivity index (χ0n) is 14.6. The average molecular weight is 390 g/mol. The molecule has 0 radical (unpaired) electrons. The molecule has 0 unspecified atom stereocenters. The highest BCUT2D eigenvalue weighted by atomic mass is 32.2. The summed E-state index contributed by atoms with van der Waals surface area (Å²) in [7, 11) is 0. The Hall–Kier alpha value is -2.81. The Morgan fingerprint density at radius 1 is 1.30 bits per heavy atom. The zero-order valence-corrected chi connectivity index (χ0v) is 15.5. The minimum absolute atomic E-state index is 0.0237. The first-order valence-electron chi connectivity index (χ1n) is 8.34. The molecule has 0 atom stereocenters. The van der Waals surface area contributed by atoms with Crippen molar-refractivity contribution in [2.24, 2.45) is 0 Å². The quantitative estimate of drug-likeness (QED) is 0.596. The molecule has 1 saturated heterocycles. The van der Waals surface area contributed by atoms with E-state index in [9.17, 15) is 19.2 Å². The summed E-state index contributed by atoms with van der Waals surface area (Å²) in [5.74, 6) is 0.0489. The van der Waals surface area contributed by atoms with E-state index < -0.39 is 11.6 Å². The summed E-state index contributed by atoms with van der Waals surface area (Å²) in [5, 5.41) is 3.20. The number of esters is 1. The number of carbonyl (C=O) groups excluding carboxylic acids is 3. The predicted molar refractivity (Wildman–Crippen MR) is 101 cm³/mol. The molecule has 0 aliphatic carbocycles. The van der Waals surface area contributed by atoms with E-state index in [0.717, 1.165) is 5.75 Å². The second-order valence-corrected chi connectivity index (χ2v) is 7.04. The number of nitrogens with zero attached hydrogens (tertiary/aromatic N) is 1. The van der Waals surface area contributed by atoms with Crippen molar-refractivity contribution in [2.45, 2.75) is 20.0 Å². The summed E-state index contributed by atoms with van der Waals surface area (Å²) in [5.41, 5.74) is 0.727. The average Bonchev–Trinajstić information content (AvgIpc) is 3.01. The standard InChI is InChI=1S/C18H18N2O6S/c1-11(21)19-13-2-3-14-12(8-17(23)26-15(14)9-13)10-25-16(22)4-5-20-6-7-27-18(20)24/h2-3,8-9H,4-7,10H2,1H3,(H,19,21). The third-order valence-corrected chi connectivity index (χ3v) is 4.86. The Bertz CT molecular complexity index is 955. The molecule has 27 heavy (non-hydrogen) atoms. The molecule has 142 valence electrons. The molecular formula is C18H18N2O6S. The normalized spacial score (nSPS) is 13.8. The van der Waals surface area contributed by atoms with Crippen LogP contribution in [-0.4, -0.2) is 40.9 Å². The summed E-state index contributed by atoms with van der Waals surface area (Å²) in [6.07, 6.45) is 0.0956. The molecule has 2 heterocycles. The predicted octanol–water partition coefficient (Wildman–Crippen LogP) is 2.35. The lowest BCUT2D eigenvalue weighted by molar-refractivity contribution is -0.145. The van der Waals surface area contributed by atoms with Crippen LogP contribution in [0.15, 0.2) is 33.5 Å². The Balaban J connectivity index is 1.67. The molecule has 0 spiro atoms. The molecule has 2 aromatic rings. The van der Waals surface area contributed by atoms with Gasteiger partial charge in [0, 0.05) is 54.5 Å². The Labute approximate surface area is 158 Å². The van der Waals surface area contributed by atoms with Crippen LogP contribution in [0.25, 0.3) is 11.0 Å². The van der Waals surface area contributed by atoms with Crippen LogP contribution < -0.4 is 10.9 Å². The fraction of sp³-hybridized carbons (Fsp3) is 0.333. The molecule has 0 bridgehead atoms. The van der Waals surface area contributed by atoms with Crippen LogP contribution >= 0.6 is 11.8 Å². The van der Waals surface area contributed by atoms with Gasteiger partial charge in [0.15, 0.2) is 0 Å². The highest BCUT2D eigenvalue weighted by Gasteiger charge is 2.21. The van der Waals surface area contributed by atoms with Crippen molar-refractivity contribution in [3.05, 3.63) is 40.2 Å². The Morgan fingerprint density at radius 2 is 2.11 bits per heavy atom. The van der Waals surface area contributed by atoms with Crippen LogP contribution in [-0.2, 0) is 20.9 Å². The number of rotatable bonds is 6. The van der Waals surface area contributed by atoms with Gasteiger partial charge < -0.3 is 19.4 Å². The third-order valence-electron chi connectivity index (χ3n) is 3.97. The molecule has 1 fully saturated rings. The maximum atomic E-state index is 12.0. The summed E-state index contributed by atoms with van der Waals surface area (Å²) >= 11 is 1.24. The van der Waals surface area contributed by atoms with E-state index in [1.807, 2.05) is 0 Å². The SMILES string of the molecule is CC(=O)Nc1ccc2c(COC(=O)CCN3CCSC3=O)cc(=O)oc2c1. The van der Waals surface area contributed by atoms with Gasteiger partial charge in [0.05, 0.1) is 6.42 Å². The molecule has 0 saturated carbocycles. The second-order valence-electron chi connectivity index (χ2n) is 5.99. The molecule has 1 aliphatic rings. The largest absolute Gasteiger partial charge is 0.461 e. The maximum Gasteiger partial charge on any atom is 0.336 e. The van der Waals surface area contributed by atoms with Crippen molar-refractivity contribution >= 4 is 45.5 Å². The third kappa shape index (κ3) is 4.88. The Kier molecular flexibility index (Phi) is 5.80. The number of anilines is 1. The fourth-order valence-electron chi connectivity index (χ4n) is 2.72. The molecule has 1 aliphatic heterocycles. The highest BCUT2D eigenvalue weighted by Crippen LogP contribution is 2.22. The number of thioether (sulfide) groups is 1. The first-order valence-corrected chi connectivity index (χ1v) is 9.32. The lowest BCUT2D eigenvalue weighted by Crippen LogP contribution is -2.26. The summed E-state index contributed by atoms with van der Waals surface area (Å²) in [6, 6.07) is 6.17. The van der Waals surface area contributed by atoms with Crippen LogP contribution in [0.2, 0.25) is 0 Å². The van der Waals surface area contributed by atoms with Crippen molar-refractivity contribution < 1.29 is 23.5 Å². The van der Waals surface area contributed by atoms with E-state index in [1.54, 1.807) is 23.1 Å². The second kappa shape index (κ2) is 8.26. The van der Waals surface area contributed by atoms with E-state index in [0.29, 0.717) is 35.3 Å². The molecule has 9 heteroatoms. The number of amides is 2. The molecule has 3 rings (SSSR count). The van der Waals surface area contributed by atoms with Gasteiger partial charge in [0.2, 0.25) is 5.91 Å². The van der Waals surface area contributed by atoms with Crippen LogP contribution in [0.4, 0.5) is 10.5 Å². The zero-order chi connectivity index (χ0) is 19.4. The van der Waals surface area contributed by atoms with Crippen molar-refractivity contribution in [2.75, 3.05) is 24.2 Å². The van der Waals surface area contributed by atoms with Gasteiger partial charge >= 0.3 is 11.6 Å². The molecule has 8 nitrogen and oxygen atoms in total. The van der Waals surface area contributed by atoms with Gasteiger partial charge in [-0.15, -0.1) is 0 Å². The van der Waals surface area contributed by atoms with Crippen molar-refractivity contribution in [3.8, 4) is 0 Å². The smallest absolute Gasteiger partial charge is 0.336 e. The number of fused-ring (bicyclic) bond motifs is 1. The van der Waals surface area contributed by atoms with E-state index in [4.69, 9.17) is 9.15 Å². The van der Waals surface area contributed by atoms with Gasteiger partial charge in [-0.1, -0.05) is 11.8 Å². The molecule has 1 N–H and O–H groups in total. The van der Waals surface area contributed by atoms with Gasteiger partial charge in [0.25, 0.3) is 5.24 Å². The topological polar surface area (TPSA) is 106 Å². The lowest BCUT2D eigenvalue weighted by Gasteiger charge is -2.13. The van der Waals surface area contributed by atoms with Gasteiger partial charge in [-0.3, -0.25) is 14.4 Å². The van der Waals surface area contributed by atoms with Crippen molar-refractivity contribution in [3.63, 3.8) is 0 Å². The monoisotopic (exact) mass is 390 g/mol. The van der Waals surface area contributed by atoms with Gasteiger partial charge in [-0.05, 0) is 12.1 Å². The molecule has 2 amide bonds. The van der Waals surface area contributed by atoms with Crippen LogP contribution in [0.1, 0.15) is 18.9 Å². The Morgan fingerprint density at radius 3 is 2.81 bits per heavy atom. The van der Waals surface area contributed by atoms with Crippen LogP contribution in [0, 0.1) is 0 Å². The number of benzene rings is 1. The van der Waals surface area contributed by atoms with Gasteiger partial charge in [-0.2, -0.15) is 0 Å². The highest BCUT2D eigenvalue weighted by molar-refractivity contribution is 8.13. The van der Waals surface area contributed by atoms with E-state index >= 15 is 0 Å². The first kappa shape index (κ1) is 19.0. The maximum absolute atomic E-state index is 12.0. The number of hydrogen-bond donors (Lipinski definition) is 1. The number of hydrogen-bond acceptors (Lipinski definition) is 7. The van der Waals surface area contributed by atoms with Gasteiger partial charge in [-0.25, -0.2) is 4.79 Å². The molecule has 1 aromatic carbocycles. The van der Waals surface area contributed by atoms with E-state index in [2.05, 4.69) is 5.32 Å². The number of nitrogens with one attached hydrogen (secondary N) is 1. The minimum atomic E-state index is -0.576. The fourth-order valence-corrected chi connectivity index (χ4v) is 3.57. The number of ether oxygens (including phenoxy) is 1. The van der Waals surface area contributed by atoms with E-state index in [-0.39, 0.29) is 24.2 Å². The van der Waals surface area contributed by atoms with Crippen LogP contribution in [0.3, 0.4) is 0 Å².